The molecule has 0 fully saturated rings. The summed E-state index contributed by atoms with van der Waals surface area (Å²) in [6.07, 6.45) is -0.705. The lowest BCUT2D eigenvalue weighted by molar-refractivity contribution is -0.676. The highest BCUT2D eigenvalue weighted by atomic mass is 32.2. The average molecular weight is 402 g/mol. The van der Waals surface area contributed by atoms with E-state index in [2.05, 4.69) is 0 Å². The molecule has 2 aromatic rings. The molecule has 0 amide bonds. The average Bonchev–Trinajstić information content (AvgIpc) is 3.07. The van der Waals surface area contributed by atoms with Gasteiger partial charge >= 0.3 is 5.51 Å². The van der Waals surface area contributed by atoms with Crippen molar-refractivity contribution < 1.29 is 37.8 Å². The number of benzene rings is 2. The van der Waals surface area contributed by atoms with E-state index in [0.717, 1.165) is 17.1 Å². The fourth-order valence-electron chi connectivity index (χ4n) is 2.51. The molecule has 9 heteroatoms. The first-order valence-electron chi connectivity index (χ1n) is 8.26. The molecule has 1 aliphatic rings. The molecule has 3 rings (SSSR count). The van der Waals surface area contributed by atoms with Crippen molar-refractivity contribution in [1.82, 2.24) is 0 Å². The van der Waals surface area contributed by atoms with Gasteiger partial charge in [-0.3, -0.25) is 0 Å². The van der Waals surface area contributed by atoms with Gasteiger partial charge in [0.1, 0.15) is 31.5 Å². The first kappa shape index (κ1) is 19.7. The number of thioether (sulfide) groups is 1. The molecule has 0 radical (unpaired) electrons. The van der Waals surface area contributed by atoms with Gasteiger partial charge in [-0.15, -0.1) is 0 Å². The van der Waals surface area contributed by atoms with Gasteiger partial charge < -0.3 is 24.6 Å². The van der Waals surface area contributed by atoms with Crippen molar-refractivity contribution in [2.75, 3.05) is 19.9 Å². The molecule has 0 aliphatic carbocycles. The first-order valence-corrected chi connectivity index (χ1v) is 9.07. The number of hydrogen-bond acceptors (Lipinski definition) is 5. The van der Waals surface area contributed by atoms with E-state index in [-0.39, 0.29) is 30.1 Å². The third-order valence-electron chi connectivity index (χ3n) is 3.76. The lowest BCUT2D eigenvalue weighted by atomic mass is 10.2. The molecular weight excluding hydrogens is 383 g/mol. The Morgan fingerprint density at radius 1 is 1.11 bits per heavy atom. The molecule has 0 spiro atoms. The SMILES string of the molecule is O[C@H](C[NH2+]Cc1ccc2c(c1)OCO2)COc1ccc(SC(F)(F)F)cc1. The predicted molar refractivity (Wildman–Crippen MR) is 92.9 cm³/mol. The number of ether oxygens (including phenoxy) is 3. The van der Waals surface area contributed by atoms with Crippen molar-refractivity contribution in [3.05, 3.63) is 48.0 Å². The fourth-order valence-corrected chi connectivity index (χ4v) is 3.05. The minimum atomic E-state index is -4.31. The van der Waals surface area contributed by atoms with Crippen LogP contribution in [0.5, 0.6) is 17.2 Å². The zero-order valence-electron chi connectivity index (χ0n) is 14.2. The van der Waals surface area contributed by atoms with Crippen LogP contribution in [0.2, 0.25) is 0 Å². The summed E-state index contributed by atoms with van der Waals surface area (Å²) in [5.74, 6) is 1.86. The molecule has 146 valence electrons. The molecule has 0 saturated heterocycles. The summed E-state index contributed by atoms with van der Waals surface area (Å²) >= 11 is -0.177. The minimum absolute atomic E-state index is 0.0589. The van der Waals surface area contributed by atoms with E-state index >= 15 is 0 Å². The van der Waals surface area contributed by atoms with Gasteiger partial charge in [-0.1, -0.05) is 0 Å². The number of rotatable bonds is 8. The topological polar surface area (TPSA) is 64.5 Å². The third-order valence-corrected chi connectivity index (χ3v) is 4.49. The van der Waals surface area contributed by atoms with Crippen LogP contribution in [0.1, 0.15) is 5.56 Å². The van der Waals surface area contributed by atoms with Crippen LogP contribution < -0.4 is 19.5 Å². The number of alkyl halides is 3. The summed E-state index contributed by atoms with van der Waals surface area (Å²) in [5.41, 5.74) is -3.27. The predicted octanol–water partition coefficient (Wildman–Crippen LogP) is 2.53. The molecule has 27 heavy (non-hydrogen) atoms. The van der Waals surface area contributed by atoms with Crippen LogP contribution in [-0.2, 0) is 6.54 Å². The van der Waals surface area contributed by atoms with Crippen molar-refractivity contribution in [2.24, 2.45) is 0 Å². The molecular formula is C18H19F3NO4S+. The van der Waals surface area contributed by atoms with E-state index in [9.17, 15) is 18.3 Å². The summed E-state index contributed by atoms with van der Waals surface area (Å²) in [4.78, 5) is 0.0902. The number of quaternary nitrogens is 1. The Kier molecular flexibility index (Phi) is 6.35. The molecule has 3 N–H and O–H groups in total. The Morgan fingerprint density at radius 3 is 2.59 bits per heavy atom. The van der Waals surface area contributed by atoms with Gasteiger partial charge in [-0.25, -0.2) is 0 Å². The highest BCUT2D eigenvalue weighted by Crippen LogP contribution is 2.37. The number of aliphatic hydroxyl groups excluding tert-OH is 1. The molecule has 5 nitrogen and oxygen atoms in total. The van der Waals surface area contributed by atoms with Crippen LogP contribution in [0.15, 0.2) is 47.4 Å². The van der Waals surface area contributed by atoms with Crippen molar-refractivity contribution in [3.8, 4) is 17.2 Å². The van der Waals surface area contributed by atoms with Gasteiger partial charge in [-0.2, -0.15) is 13.2 Å². The minimum Gasteiger partial charge on any atom is -0.491 e. The van der Waals surface area contributed by atoms with Crippen molar-refractivity contribution in [3.63, 3.8) is 0 Å². The van der Waals surface area contributed by atoms with Crippen LogP contribution in [0.3, 0.4) is 0 Å². The summed E-state index contributed by atoms with van der Waals surface area (Å²) in [7, 11) is 0. The summed E-state index contributed by atoms with van der Waals surface area (Å²) in [5, 5.41) is 11.9. The zero-order valence-corrected chi connectivity index (χ0v) is 15.1. The second kappa shape index (κ2) is 8.73. The van der Waals surface area contributed by atoms with E-state index in [1.165, 1.54) is 24.3 Å². The quantitative estimate of drug-likeness (QED) is 0.665. The number of halogens is 3. The van der Waals surface area contributed by atoms with E-state index in [4.69, 9.17) is 14.2 Å². The van der Waals surface area contributed by atoms with Crippen molar-refractivity contribution in [1.29, 1.82) is 0 Å². The van der Waals surface area contributed by atoms with E-state index in [1.54, 1.807) is 0 Å². The fraction of sp³-hybridized carbons (Fsp3) is 0.333. The monoisotopic (exact) mass is 402 g/mol. The van der Waals surface area contributed by atoms with Crippen LogP contribution in [0, 0.1) is 0 Å². The number of nitrogens with two attached hydrogens (primary N) is 1. The Morgan fingerprint density at radius 2 is 1.85 bits per heavy atom. The van der Waals surface area contributed by atoms with Gasteiger partial charge in [0, 0.05) is 10.5 Å². The van der Waals surface area contributed by atoms with Gasteiger partial charge in [-0.05, 0) is 54.2 Å². The van der Waals surface area contributed by atoms with E-state index in [1.807, 2.05) is 23.5 Å². The maximum atomic E-state index is 12.3. The third kappa shape index (κ3) is 6.23. The number of fused-ring (bicyclic) bond motifs is 1. The van der Waals surface area contributed by atoms with Gasteiger partial charge in [0.15, 0.2) is 11.5 Å². The molecule has 0 bridgehead atoms. The van der Waals surface area contributed by atoms with Crippen LogP contribution in [-0.4, -0.2) is 36.7 Å². The Labute approximate surface area is 158 Å². The lowest BCUT2D eigenvalue weighted by Gasteiger charge is -2.12. The van der Waals surface area contributed by atoms with Gasteiger partial charge in [0.05, 0.1) is 0 Å². The molecule has 2 aromatic carbocycles. The smallest absolute Gasteiger partial charge is 0.446 e. The van der Waals surface area contributed by atoms with Crippen LogP contribution in [0.25, 0.3) is 0 Å². The Hall–Kier alpha value is -2.10. The molecule has 0 unspecified atom stereocenters. The lowest BCUT2D eigenvalue weighted by Crippen LogP contribution is -2.85. The maximum absolute atomic E-state index is 12.3. The molecule has 1 atom stereocenters. The van der Waals surface area contributed by atoms with Gasteiger partial charge in [0.2, 0.25) is 6.79 Å². The second-order valence-electron chi connectivity index (χ2n) is 5.90. The number of aliphatic hydroxyl groups is 1. The van der Waals surface area contributed by atoms with Crippen molar-refractivity contribution >= 4 is 11.8 Å². The Bertz CT molecular complexity index is 755. The van der Waals surface area contributed by atoms with E-state index in [0.29, 0.717) is 18.8 Å². The van der Waals surface area contributed by atoms with Crippen LogP contribution in [0.4, 0.5) is 13.2 Å². The second-order valence-corrected chi connectivity index (χ2v) is 7.04. The molecule has 0 aromatic heterocycles. The summed E-state index contributed by atoms with van der Waals surface area (Å²) in [6, 6.07) is 11.3. The van der Waals surface area contributed by atoms with E-state index < -0.39 is 11.6 Å². The molecule has 0 saturated carbocycles. The molecule has 1 aliphatic heterocycles. The summed E-state index contributed by atoms with van der Waals surface area (Å²) < 4.78 is 52.8. The zero-order chi connectivity index (χ0) is 19.3. The first-order chi connectivity index (χ1) is 12.9. The standard InChI is InChI=1S/C18H18F3NO4S/c19-18(20,21)27-15-4-2-14(3-5-15)24-10-13(23)9-22-8-12-1-6-16-17(7-12)26-11-25-16/h1-7,13,22-23H,8-11H2/p+1/t13-/m1/s1. The normalized spacial score (nSPS) is 14.2. The maximum Gasteiger partial charge on any atom is 0.446 e. The summed E-state index contributed by atoms with van der Waals surface area (Å²) in [6.45, 7) is 1.38. The highest BCUT2D eigenvalue weighted by molar-refractivity contribution is 8.00. The van der Waals surface area contributed by atoms with Crippen molar-refractivity contribution in [2.45, 2.75) is 23.1 Å². The molecule has 1 heterocycles. The highest BCUT2D eigenvalue weighted by Gasteiger charge is 2.29. The van der Waals surface area contributed by atoms with Crippen LogP contribution >= 0.6 is 11.8 Å². The Balaban J connectivity index is 1.37. The van der Waals surface area contributed by atoms with Gasteiger partial charge in [0.25, 0.3) is 0 Å². The number of hydrogen-bond donors (Lipinski definition) is 2. The largest absolute Gasteiger partial charge is 0.491 e.